The third kappa shape index (κ3) is 10.2. The Balaban J connectivity index is 0.000000169. The maximum atomic E-state index is 11.9. The number of carbonyl (C=O) groups is 5. The summed E-state index contributed by atoms with van der Waals surface area (Å²) in [6.07, 6.45) is 5.79. The van der Waals surface area contributed by atoms with Crippen LogP contribution < -0.4 is 21.8 Å². The summed E-state index contributed by atoms with van der Waals surface area (Å²) in [5.41, 5.74) is 10.2. The van der Waals surface area contributed by atoms with Crippen LogP contribution in [0.15, 0.2) is 131 Å². The Morgan fingerprint density at radius 3 is 1.51 bits per heavy atom. The van der Waals surface area contributed by atoms with Crippen LogP contribution >= 0.6 is 0 Å². The fourth-order valence-corrected chi connectivity index (χ4v) is 5.47. The standard InChI is InChI=1S/C19H13N3O3.C15H13N3O.C4H2O3.C2H4O2/c23-17-8-9-18(24)22(17)13-5-3-4-12(10-13)11-16-14-6-1-2-7-15(14)19(25)21-20-16;16-11-5-3-4-10(8-11)9-14-12-6-1-2-7-13(12)15(19)18-17-14;5-3-1-2-4(6)7-3;1-2(3)4/h1-10H,11H2,(H,21,25);1-8H,9,16H2,(H,18,19);1-2H;1H3,(H,3,4). The first-order valence-electron chi connectivity index (χ1n) is 16.4. The van der Waals surface area contributed by atoms with Crippen molar-refractivity contribution >= 4 is 62.6 Å². The number of rotatable bonds is 5. The van der Waals surface area contributed by atoms with Gasteiger partial charge in [0.25, 0.3) is 28.9 Å². The van der Waals surface area contributed by atoms with Crippen LogP contribution in [0.2, 0.25) is 0 Å². The van der Waals surface area contributed by atoms with E-state index in [4.69, 9.17) is 15.6 Å². The minimum Gasteiger partial charge on any atom is -0.481 e. The van der Waals surface area contributed by atoms with Crippen LogP contribution in [0.25, 0.3) is 21.5 Å². The fourth-order valence-electron chi connectivity index (χ4n) is 5.47. The first-order valence-corrected chi connectivity index (χ1v) is 16.4. The molecule has 5 N–H and O–H groups in total. The van der Waals surface area contributed by atoms with Gasteiger partial charge in [0.1, 0.15) is 0 Å². The molecule has 0 saturated heterocycles. The predicted octanol–water partition coefficient (Wildman–Crippen LogP) is 3.76. The summed E-state index contributed by atoms with van der Waals surface area (Å²) in [4.78, 5) is 77.2. The van der Waals surface area contributed by atoms with E-state index in [2.05, 4.69) is 25.1 Å². The van der Waals surface area contributed by atoms with Crippen molar-refractivity contribution in [2.75, 3.05) is 10.6 Å². The van der Waals surface area contributed by atoms with Crippen LogP contribution in [-0.4, -0.2) is 55.2 Å². The van der Waals surface area contributed by atoms with Gasteiger partial charge in [-0.25, -0.2) is 24.7 Å². The average Bonchev–Trinajstić information content (AvgIpc) is 3.72. The topological polar surface area (TPSA) is 236 Å². The summed E-state index contributed by atoms with van der Waals surface area (Å²) in [6, 6.07) is 29.6. The number of benzene rings is 4. The molecular formula is C40H32N6O9. The van der Waals surface area contributed by atoms with E-state index in [1.807, 2.05) is 60.7 Å². The second-order valence-electron chi connectivity index (χ2n) is 11.8. The van der Waals surface area contributed by atoms with Crippen LogP contribution in [0.5, 0.6) is 0 Å². The van der Waals surface area contributed by atoms with Crippen molar-refractivity contribution in [3.63, 3.8) is 0 Å². The lowest BCUT2D eigenvalue weighted by Crippen LogP contribution is -2.29. The molecule has 0 unspecified atom stereocenters. The minimum absolute atomic E-state index is 0.160. The second-order valence-corrected chi connectivity index (χ2v) is 11.8. The maximum absolute atomic E-state index is 11.9. The number of esters is 2. The van der Waals surface area contributed by atoms with Crippen molar-refractivity contribution in [3.05, 3.63) is 165 Å². The molecule has 2 aliphatic rings. The van der Waals surface area contributed by atoms with Gasteiger partial charge < -0.3 is 15.6 Å². The quantitative estimate of drug-likeness (QED) is 0.0856. The number of anilines is 2. The molecule has 55 heavy (non-hydrogen) atoms. The van der Waals surface area contributed by atoms with Gasteiger partial charge in [-0.2, -0.15) is 10.2 Å². The zero-order valence-electron chi connectivity index (χ0n) is 29.1. The number of nitrogens with one attached hydrogen (secondary N) is 2. The van der Waals surface area contributed by atoms with E-state index in [1.54, 1.807) is 36.4 Å². The molecule has 2 amide bonds. The van der Waals surface area contributed by atoms with Gasteiger partial charge in [-0.05, 0) is 47.5 Å². The first-order chi connectivity index (χ1) is 26.4. The number of aromatic amines is 2. The Kier molecular flexibility index (Phi) is 12.3. The van der Waals surface area contributed by atoms with Gasteiger partial charge in [0, 0.05) is 60.5 Å². The summed E-state index contributed by atoms with van der Waals surface area (Å²) in [5, 5.41) is 23.7. The first kappa shape index (κ1) is 38.4. The molecule has 0 aliphatic carbocycles. The molecule has 8 rings (SSSR count). The summed E-state index contributed by atoms with van der Waals surface area (Å²) < 4.78 is 3.97. The third-order valence-corrected chi connectivity index (χ3v) is 7.78. The highest BCUT2D eigenvalue weighted by atomic mass is 16.6. The number of ether oxygens (including phenoxy) is 1. The number of nitrogens with two attached hydrogens (primary N) is 1. The predicted molar refractivity (Wildman–Crippen MR) is 203 cm³/mol. The molecule has 0 saturated carbocycles. The molecule has 2 aromatic heterocycles. The zero-order valence-corrected chi connectivity index (χ0v) is 29.1. The smallest absolute Gasteiger partial charge is 0.338 e. The Morgan fingerprint density at radius 2 is 1.07 bits per heavy atom. The molecule has 276 valence electrons. The van der Waals surface area contributed by atoms with Crippen LogP contribution in [0.4, 0.5) is 11.4 Å². The average molecular weight is 741 g/mol. The van der Waals surface area contributed by atoms with E-state index in [0.717, 1.165) is 63.0 Å². The molecule has 0 atom stereocenters. The fraction of sp³-hybridized carbons (Fsp3) is 0.0750. The van der Waals surface area contributed by atoms with Crippen molar-refractivity contribution in [2.45, 2.75) is 19.8 Å². The highest BCUT2D eigenvalue weighted by molar-refractivity contribution is 6.28. The Hall–Kier alpha value is -7.81. The molecule has 0 spiro atoms. The maximum Gasteiger partial charge on any atom is 0.338 e. The van der Waals surface area contributed by atoms with E-state index < -0.39 is 17.9 Å². The summed E-state index contributed by atoms with van der Waals surface area (Å²) in [5.74, 6) is -2.69. The number of nitrogens with zero attached hydrogens (tertiary/aromatic N) is 3. The van der Waals surface area contributed by atoms with E-state index >= 15 is 0 Å². The summed E-state index contributed by atoms with van der Waals surface area (Å²) >= 11 is 0. The largest absolute Gasteiger partial charge is 0.481 e. The SMILES string of the molecule is CC(=O)O.Nc1cccc(Cc2n[nH]c(=O)c3ccccc23)c1.O=C1C=CC(=O)N1c1cccc(Cc2n[nH]c(=O)c3ccccc23)c1.O=C1C=CC(=O)O1. The molecule has 6 aromatic rings. The third-order valence-electron chi connectivity index (χ3n) is 7.78. The molecule has 15 heteroatoms. The highest BCUT2D eigenvalue weighted by Gasteiger charge is 2.25. The number of nitrogen functional groups attached to an aromatic ring is 1. The number of carboxylic acids is 1. The van der Waals surface area contributed by atoms with Crippen molar-refractivity contribution in [1.82, 2.24) is 20.4 Å². The number of hydrogen-bond acceptors (Lipinski definition) is 11. The number of aliphatic carboxylic acids is 1. The number of cyclic esters (lactones) is 2. The minimum atomic E-state index is -0.833. The van der Waals surface area contributed by atoms with Crippen molar-refractivity contribution in [2.24, 2.45) is 0 Å². The normalized spacial score (nSPS) is 12.7. The highest BCUT2D eigenvalue weighted by Crippen LogP contribution is 2.23. The van der Waals surface area contributed by atoms with Gasteiger partial charge in [-0.15, -0.1) is 0 Å². The number of aromatic nitrogens is 4. The molecule has 0 fully saturated rings. The lowest BCUT2D eigenvalue weighted by molar-refractivity contribution is -0.150. The number of H-pyrrole nitrogens is 2. The van der Waals surface area contributed by atoms with Gasteiger partial charge in [0.05, 0.1) is 27.8 Å². The molecule has 0 radical (unpaired) electrons. The Morgan fingerprint density at radius 1 is 0.636 bits per heavy atom. The van der Waals surface area contributed by atoms with Crippen molar-refractivity contribution < 1.29 is 33.8 Å². The lowest BCUT2D eigenvalue weighted by atomic mass is 10.0. The van der Waals surface area contributed by atoms with E-state index in [1.165, 1.54) is 12.2 Å². The molecule has 15 nitrogen and oxygen atoms in total. The van der Waals surface area contributed by atoms with E-state index in [9.17, 15) is 28.8 Å². The second kappa shape index (κ2) is 17.6. The molecular weight excluding hydrogens is 708 g/mol. The monoisotopic (exact) mass is 740 g/mol. The lowest BCUT2D eigenvalue weighted by Gasteiger charge is -2.15. The Bertz CT molecular complexity index is 2590. The number of carbonyl (C=O) groups excluding carboxylic acids is 4. The van der Waals surface area contributed by atoms with Crippen LogP contribution in [-0.2, 0) is 41.6 Å². The van der Waals surface area contributed by atoms with Crippen molar-refractivity contribution in [3.8, 4) is 0 Å². The van der Waals surface area contributed by atoms with Crippen LogP contribution in [0.1, 0.15) is 29.4 Å². The molecule has 0 bridgehead atoms. The van der Waals surface area contributed by atoms with Crippen LogP contribution in [0, 0.1) is 0 Å². The van der Waals surface area contributed by atoms with Gasteiger partial charge in [0.2, 0.25) is 0 Å². The summed E-state index contributed by atoms with van der Waals surface area (Å²) in [6.45, 7) is 1.08. The van der Waals surface area contributed by atoms with Crippen molar-refractivity contribution in [1.29, 1.82) is 0 Å². The Labute approximate surface area is 311 Å². The van der Waals surface area contributed by atoms with Gasteiger partial charge >= 0.3 is 11.9 Å². The molecule has 2 aliphatic heterocycles. The number of imide groups is 1. The van der Waals surface area contributed by atoms with E-state index in [0.29, 0.717) is 29.3 Å². The number of carboxylic acid groups (broad SMARTS) is 1. The zero-order chi connectivity index (χ0) is 39.5. The summed E-state index contributed by atoms with van der Waals surface area (Å²) in [7, 11) is 0. The number of fused-ring (bicyclic) bond motifs is 2. The van der Waals surface area contributed by atoms with E-state index in [-0.39, 0.29) is 22.9 Å². The van der Waals surface area contributed by atoms with Crippen LogP contribution in [0.3, 0.4) is 0 Å². The van der Waals surface area contributed by atoms with Gasteiger partial charge in [-0.1, -0.05) is 60.7 Å². The molecule has 4 heterocycles. The number of hydrogen-bond donors (Lipinski definition) is 4. The molecule has 4 aromatic carbocycles. The van der Waals surface area contributed by atoms with Gasteiger partial charge in [-0.3, -0.25) is 24.0 Å². The van der Waals surface area contributed by atoms with Gasteiger partial charge in [0.15, 0.2) is 0 Å². The number of amides is 2.